The van der Waals surface area contributed by atoms with Gasteiger partial charge in [-0.05, 0) is 62.1 Å². The van der Waals surface area contributed by atoms with Crippen LogP contribution in [0.4, 0.5) is 4.39 Å². The van der Waals surface area contributed by atoms with E-state index in [1.165, 1.54) is 12.5 Å². The normalized spacial score (nSPS) is 27.0. The van der Waals surface area contributed by atoms with Crippen molar-refractivity contribution in [2.24, 2.45) is 0 Å². The number of hydrogen-bond acceptors (Lipinski definition) is 9. The number of fused-ring (bicyclic) bond motifs is 1. The molecular formula is C24H31FN3O8PS. The number of carbonyl (C=O) groups is 1. The predicted molar refractivity (Wildman–Crippen MR) is 139 cm³/mol. The van der Waals surface area contributed by atoms with Crippen molar-refractivity contribution < 1.29 is 32.6 Å². The van der Waals surface area contributed by atoms with Crippen molar-refractivity contribution in [3.8, 4) is 5.75 Å². The van der Waals surface area contributed by atoms with Gasteiger partial charge in [0.25, 0.3) is 5.56 Å². The van der Waals surface area contributed by atoms with Crippen LogP contribution in [0.25, 0.3) is 0 Å². The van der Waals surface area contributed by atoms with Gasteiger partial charge in [-0.2, -0.15) is 0 Å². The molecule has 1 aromatic heterocycles. The molecule has 1 unspecified atom stereocenters. The van der Waals surface area contributed by atoms with Gasteiger partial charge in [0.15, 0.2) is 11.9 Å². The average Bonchev–Trinajstić information content (AvgIpc) is 3.40. The van der Waals surface area contributed by atoms with E-state index >= 15 is 4.39 Å². The number of aliphatic hydroxyl groups excluding tert-OH is 1. The van der Waals surface area contributed by atoms with E-state index in [9.17, 15) is 24.1 Å². The summed E-state index contributed by atoms with van der Waals surface area (Å²) in [5.41, 5.74) is -1.82. The highest BCUT2D eigenvalue weighted by atomic mass is 32.2. The van der Waals surface area contributed by atoms with Crippen LogP contribution in [0.15, 0.2) is 40.1 Å². The predicted octanol–water partition coefficient (Wildman–Crippen LogP) is 2.47. The molecule has 38 heavy (non-hydrogen) atoms. The maximum atomic E-state index is 15.5. The molecule has 2 aliphatic rings. The van der Waals surface area contributed by atoms with Crippen molar-refractivity contribution in [1.82, 2.24) is 14.6 Å². The summed E-state index contributed by atoms with van der Waals surface area (Å²) >= 11 is 1.04. The summed E-state index contributed by atoms with van der Waals surface area (Å²) in [4.78, 5) is 38.0. The maximum Gasteiger partial charge on any atom is 0.459 e. The number of alkyl halides is 1. The fourth-order valence-electron chi connectivity index (χ4n) is 4.52. The van der Waals surface area contributed by atoms with Crippen molar-refractivity contribution >= 4 is 24.6 Å². The Morgan fingerprint density at radius 2 is 2.11 bits per heavy atom. The molecule has 0 bridgehead atoms. The number of nitrogens with zero attached hydrogens (tertiary/aromatic N) is 1. The van der Waals surface area contributed by atoms with E-state index in [2.05, 4.69) is 5.09 Å². The molecule has 0 spiro atoms. The van der Waals surface area contributed by atoms with Crippen molar-refractivity contribution in [3.05, 3.63) is 62.4 Å². The number of rotatable bonds is 10. The van der Waals surface area contributed by atoms with E-state index in [1.807, 2.05) is 18.0 Å². The number of H-pyrrole nitrogens is 1. The highest BCUT2D eigenvalue weighted by Crippen LogP contribution is 2.48. The number of ether oxygens (including phenoxy) is 1. The number of aromatic amines is 1. The zero-order chi connectivity index (χ0) is 27.7. The van der Waals surface area contributed by atoms with E-state index < -0.39 is 55.7 Å². The van der Waals surface area contributed by atoms with Crippen molar-refractivity contribution in [3.63, 3.8) is 0 Å². The number of benzene rings is 1. The van der Waals surface area contributed by atoms with Crippen LogP contribution in [0.1, 0.15) is 44.5 Å². The summed E-state index contributed by atoms with van der Waals surface area (Å²) in [5.74, 6) is 0.787. The summed E-state index contributed by atoms with van der Waals surface area (Å²) in [7, 11) is -4.24. The number of nitrogens with one attached hydrogen (secondary N) is 2. The zero-order valence-corrected chi connectivity index (χ0v) is 22.9. The molecule has 11 nitrogen and oxygen atoms in total. The van der Waals surface area contributed by atoms with Crippen LogP contribution >= 0.6 is 19.5 Å². The van der Waals surface area contributed by atoms with Gasteiger partial charge in [-0.15, -0.1) is 0 Å². The van der Waals surface area contributed by atoms with Gasteiger partial charge in [-0.25, -0.2) is 18.8 Å². The minimum atomic E-state index is -4.24. The lowest BCUT2D eigenvalue weighted by molar-refractivity contribution is -0.112. The number of hydrogen-bond donors (Lipinski definition) is 3. The smallest absolute Gasteiger partial charge is 0.413 e. The molecule has 6 atom stereocenters. The second kappa shape index (κ2) is 11.4. The second-order valence-electron chi connectivity index (χ2n) is 9.41. The van der Waals surface area contributed by atoms with E-state index in [4.69, 9.17) is 13.8 Å². The van der Waals surface area contributed by atoms with Crippen LogP contribution in [0.3, 0.4) is 0 Å². The maximum absolute atomic E-state index is 15.5. The molecule has 4 rings (SSSR count). The van der Waals surface area contributed by atoms with Crippen LogP contribution in [0, 0.1) is 0 Å². The highest BCUT2D eigenvalue weighted by Gasteiger charge is 2.55. The number of aromatic nitrogens is 2. The number of aliphatic hydroxyl groups is 1. The second-order valence-corrected chi connectivity index (χ2v) is 12.4. The molecule has 14 heteroatoms. The Morgan fingerprint density at radius 3 is 2.82 bits per heavy atom. The van der Waals surface area contributed by atoms with E-state index in [1.54, 1.807) is 12.1 Å². The lowest BCUT2D eigenvalue weighted by atomic mass is 9.98. The van der Waals surface area contributed by atoms with Crippen LogP contribution in [-0.4, -0.2) is 56.1 Å². The summed E-state index contributed by atoms with van der Waals surface area (Å²) in [6, 6.07) is 5.42. The molecule has 1 saturated heterocycles. The first-order valence-corrected chi connectivity index (χ1v) is 14.8. The van der Waals surface area contributed by atoms with E-state index in [-0.39, 0.29) is 10.9 Å². The largest absolute Gasteiger partial charge is 0.459 e. The van der Waals surface area contributed by atoms with Crippen molar-refractivity contribution in [2.45, 2.75) is 70.2 Å². The molecule has 2 heterocycles. The van der Waals surface area contributed by atoms with Gasteiger partial charge in [-0.3, -0.25) is 23.7 Å². The number of carbonyl (C=O) groups excluding carboxylic acids is 1. The SMILES string of the molecule is CCSC(=O)[C@H](C)NP(=O)(OC[C@H]1O[C@@H](n2ccc(=O)[nH]c2=O)[C@](C)(F)[C@@H]1O)Oc1ccc2c(c1)CCC2. The first-order valence-electron chi connectivity index (χ1n) is 12.3. The molecule has 1 aliphatic heterocycles. The van der Waals surface area contributed by atoms with Crippen LogP contribution in [0.5, 0.6) is 5.75 Å². The van der Waals surface area contributed by atoms with Crippen LogP contribution < -0.4 is 20.9 Å². The first kappa shape index (κ1) is 28.7. The molecule has 208 valence electrons. The molecule has 0 radical (unpaired) electrons. The third-order valence-electron chi connectivity index (χ3n) is 6.52. The third-order valence-corrected chi connectivity index (χ3v) is 9.09. The Hall–Kier alpha value is -2.28. The minimum Gasteiger partial charge on any atom is -0.413 e. The van der Waals surface area contributed by atoms with Crippen LogP contribution in [0.2, 0.25) is 0 Å². The zero-order valence-electron chi connectivity index (χ0n) is 21.2. The average molecular weight is 572 g/mol. The first-order chi connectivity index (χ1) is 17.9. The van der Waals surface area contributed by atoms with Gasteiger partial charge in [-0.1, -0.05) is 24.8 Å². The Kier molecular flexibility index (Phi) is 8.65. The summed E-state index contributed by atoms with van der Waals surface area (Å²) in [5, 5.41) is 13.0. The number of halogens is 1. The summed E-state index contributed by atoms with van der Waals surface area (Å²) < 4.78 is 47.1. The lowest BCUT2D eigenvalue weighted by Gasteiger charge is -2.25. The van der Waals surface area contributed by atoms with Gasteiger partial charge in [0.2, 0.25) is 5.12 Å². The lowest BCUT2D eigenvalue weighted by Crippen LogP contribution is -2.43. The quantitative estimate of drug-likeness (QED) is 0.363. The molecular weight excluding hydrogens is 540 g/mol. The number of aryl methyl sites for hydroxylation is 2. The van der Waals surface area contributed by atoms with Gasteiger partial charge in [0.1, 0.15) is 18.0 Å². The van der Waals surface area contributed by atoms with E-state index in [0.29, 0.717) is 5.75 Å². The monoisotopic (exact) mass is 571 g/mol. The molecule has 0 saturated carbocycles. The molecule has 2 aromatic rings. The van der Waals surface area contributed by atoms with Gasteiger partial charge >= 0.3 is 13.4 Å². The van der Waals surface area contributed by atoms with Gasteiger partial charge in [0, 0.05) is 12.3 Å². The van der Waals surface area contributed by atoms with Gasteiger partial charge < -0.3 is 14.4 Å². The Morgan fingerprint density at radius 1 is 1.37 bits per heavy atom. The summed E-state index contributed by atoms with van der Waals surface area (Å²) in [6.07, 6.45) is -0.874. The third kappa shape index (κ3) is 6.13. The standard InChI is InChI=1S/C24H31FN3O8PS/c1-4-38-21(31)14(2)27-37(33,36-17-9-8-15-6-5-7-16(15)12-17)34-13-18-20(30)24(3,25)22(35-18)28-11-10-19(29)26-23(28)32/h8-12,14,18,20,22,30H,4-7,13H2,1-3H3,(H,27,33)(H,26,29,32)/t14-,18+,20+,22+,24+,37?/m0/s1. The Balaban J connectivity index is 1.54. The van der Waals surface area contributed by atoms with E-state index in [0.717, 1.165) is 60.3 Å². The topological polar surface area (TPSA) is 149 Å². The van der Waals surface area contributed by atoms with Crippen LogP contribution in [-0.2, 0) is 31.5 Å². The molecule has 1 aromatic carbocycles. The van der Waals surface area contributed by atoms with Crippen molar-refractivity contribution in [2.75, 3.05) is 12.4 Å². The fraction of sp³-hybridized carbons (Fsp3) is 0.542. The van der Waals surface area contributed by atoms with Gasteiger partial charge in [0.05, 0.1) is 12.6 Å². The molecule has 1 fully saturated rings. The molecule has 0 amide bonds. The minimum absolute atomic E-state index is 0.269. The molecule has 3 N–H and O–H groups in total. The summed E-state index contributed by atoms with van der Waals surface area (Å²) in [6.45, 7) is 3.78. The Bertz CT molecular complexity index is 1350. The Labute approximate surface area is 222 Å². The highest BCUT2D eigenvalue weighted by molar-refractivity contribution is 8.13. The van der Waals surface area contributed by atoms with Crippen molar-refractivity contribution in [1.29, 1.82) is 0 Å². The number of thioether (sulfide) groups is 1. The fourth-order valence-corrected chi connectivity index (χ4v) is 6.71. The molecule has 1 aliphatic carbocycles.